The Balaban J connectivity index is 1.18. The number of amides is 1. The summed E-state index contributed by atoms with van der Waals surface area (Å²) in [4.78, 5) is 28.6. The van der Waals surface area contributed by atoms with Crippen molar-refractivity contribution in [1.82, 2.24) is 9.80 Å². The Morgan fingerprint density at radius 2 is 1.77 bits per heavy atom. The molecule has 3 aliphatic rings. The fraction of sp³-hybridized carbons (Fsp3) is 0.533. The predicted octanol–water partition coefficient (Wildman–Crippen LogP) is 5.86. The standard InChI is InChI=1S/C30H32F6N2O5/c1-17-13-37(9-8-23(17)18-4-3-5-19(10-18)28(40)41-2)22-6-7-25(42-15-22)27(39)38-14-20-11-21(29(31,32)33)12-24(30(34,35)36)26(20)43-16-38/h3-5,10-12,17,22-23,25H,6-9,13-16H2,1-2H3/t17?,22?,23-,25?/m0/s1. The van der Waals surface area contributed by atoms with Gasteiger partial charge in [-0.05, 0) is 67.5 Å². The third kappa shape index (κ3) is 6.62. The number of hydrogen-bond acceptors (Lipinski definition) is 6. The van der Waals surface area contributed by atoms with Gasteiger partial charge >= 0.3 is 18.3 Å². The highest BCUT2D eigenvalue weighted by Crippen LogP contribution is 2.44. The van der Waals surface area contributed by atoms with Crippen LogP contribution in [0.3, 0.4) is 0 Å². The van der Waals surface area contributed by atoms with Crippen LogP contribution in [-0.2, 0) is 33.2 Å². The fourth-order valence-electron chi connectivity index (χ4n) is 6.33. The van der Waals surface area contributed by atoms with Crippen LogP contribution in [0.2, 0.25) is 0 Å². The van der Waals surface area contributed by atoms with Gasteiger partial charge in [-0.25, -0.2) is 4.79 Å². The number of esters is 1. The molecule has 7 nitrogen and oxygen atoms in total. The number of likely N-dealkylation sites (tertiary alicyclic amines) is 1. The first-order valence-electron chi connectivity index (χ1n) is 14.0. The topological polar surface area (TPSA) is 68.3 Å². The Hall–Kier alpha value is -3.32. The smallest absolute Gasteiger partial charge is 0.419 e. The minimum absolute atomic E-state index is 0.0315. The summed E-state index contributed by atoms with van der Waals surface area (Å²) in [5.74, 6) is -1.06. The molecule has 2 aromatic rings. The fourth-order valence-corrected chi connectivity index (χ4v) is 6.33. The van der Waals surface area contributed by atoms with Gasteiger partial charge in [-0.1, -0.05) is 19.1 Å². The molecule has 3 heterocycles. The number of alkyl halides is 6. The Labute approximate surface area is 244 Å². The van der Waals surface area contributed by atoms with Gasteiger partial charge in [-0.2, -0.15) is 26.3 Å². The number of halogens is 6. The molecule has 0 radical (unpaired) electrons. The molecule has 1 amide bonds. The van der Waals surface area contributed by atoms with Crippen molar-refractivity contribution in [3.05, 3.63) is 64.2 Å². The lowest BCUT2D eigenvalue weighted by Gasteiger charge is -2.44. The Bertz CT molecular complexity index is 1360. The van der Waals surface area contributed by atoms with Crippen LogP contribution >= 0.6 is 0 Å². The van der Waals surface area contributed by atoms with Gasteiger partial charge in [0.25, 0.3) is 5.91 Å². The summed E-state index contributed by atoms with van der Waals surface area (Å²) in [6.45, 7) is 3.04. The normalized spacial score (nSPS) is 25.1. The summed E-state index contributed by atoms with van der Waals surface area (Å²) in [6, 6.07) is 8.15. The summed E-state index contributed by atoms with van der Waals surface area (Å²) < 4.78 is 96.4. The van der Waals surface area contributed by atoms with Gasteiger partial charge in [0.05, 0.1) is 37.0 Å². The van der Waals surface area contributed by atoms with E-state index < -0.39 is 54.5 Å². The number of piperidine rings is 1. The van der Waals surface area contributed by atoms with Crippen molar-refractivity contribution in [3.63, 3.8) is 0 Å². The van der Waals surface area contributed by atoms with Gasteiger partial charge in [0, 0.05) is 18.2 Å². The molecule has 2 aromatic carbocycles. The zero-order valence-electron chi connectivity index (χ0n) is 23.6. The zero-order valence-corrected chi connectivity index (χ0v) is 23.6. The molecule has 13 heteroatoms. The minimum atomic E-state index is -5.06. The summed E-state index contributed by atoms with van der Waals surface area (Å²) in [6.07, 6.45) is -9.05. The van der Waals surface area contributed by atoms with Crippen molar-refractivity contribution >= 4 is 11.9 Å². The number of hydrogen-bond donors (Lipinski definition) is 0. The van der Waals surface area contributed by atoms with Gasteiger partial charge < -0.3 is 19.1 Å². The first-order valence-corrected chi connectivity index (χ1v) is 14.0. The molecule has 0 aromatic heterocycles. The molecular weight excluding hydrogens is 582 g/mol. The molecule has 0 aliphatic carbocycles. The third-order valence-electron chi connectivity index (χ3n) is 8.55. The summed E-state index contributed by atoms with van der Waals surface area (Å²) in [5, 5.41) is 0. The van der Waals surface area contributed by atoms with E-state index in [1.165, 1.54) is 7.11 Å². The molecule has 3 unspecified atom stereocenters. The zero-order chi connectivity index (χ0) is 31.1. The van der Waals surface area contributed by atoms with Crippen molar-refractivity contribution in [1.29, 1.82) is 0 Å². The Morgan fingerprint density at radius 1 is 1.00 bits per heavy atom. The second-order valence-electron chi connectivity index (χ2n) is 11.4. The molecule has 5 rings (SSSR count). The Morgan fingerprint density at radius 3 is 2.40 bits per heavy atom. The third-order valence-corrected chi connectivity index (χ3v) is 8.55. The van der Waals surface area contributed by atoms with Crippen molar-refractivity contribution in [2.24, 2.45) is 5.92 Å². The van der Waals surface area contributed by atoms with Crippen LogP contribution in [0, 0.1) is 5.92 Å². The number of nitrogens with zero attached hydrogens (tertiary/aromatic N) is 2. The number of carbonyl (C=O) groups is 2. The minimum Gasteiger partial charge on any atom is -0.472 e. The first kappa shape index (κ1) is 31.1. The molecule has 0 spiro atoms. The SMILES string of the molecule is COC(=O)c1cccc([C@H]2CCN(C3CCC(C(=O)N4COc5c(cc(C(F)(F)F)cc5C(F)(F)F)C4)OC3)CC2C)c1. The van der Waals surface area contributed by atoms with E-state index in [0.717, 1.165) is 30.0 Å². The Kier molecular flexibility index (Phi) is 8.68. The molecule has 4 atom stereocenters. The second kappa shape index (κ2) is 12.0. The number of benzene rings is 2. The van der Waals surface area contributed by atoms with Crippen LogP contribution in [-0.4, -0.2) is 67.4 Å². The first-order chi connectivity index (χ1) is 20.3. The number of ether oxygens (including phenoxy) is 3. The van der Waals surface area contributed by atoms with Gasteiger partial charge in [0.15, 0.2) is 6.73 Å². The molecule has 0 bridgehead atoms. The average molecular weight is 615 g/mol. The van der Waals surface area contributed by atoms with Crippen LogP contribution in [0.4, 0.5) is 26.3 Å². The van der Waals surface area contributed by atoms with Crippen molar-refractivity contribution < 1.29 is 50.1 Å². The van der Waals surface area contributed by atoms with Crippen LogP contribution in [0.5, 0.6) is 5.75 Å². The monoisotopic (exact) mass is 614 g/mol. The highest BCUT2D eigenvalue weighted by Gasteiger charge is 2.43. The average Bonchev–Trinajstić information content (AvgIpc) is 2.98. The lowest BCUT2D eigenvalue weighted by atomic mass is 9.80. The van der Waals surface area contributed by atoms with Crippen molar-refractivity contribution in [3.8, 4) is 5.75 Å². The number of rotatable bonds is 4. The largest absolute Gasteiger partial charge is 0.472 e. The maximum atomic E-state index is 13.5. The lowest BCUT2D eigenvalue weighted by Crippen LogP contribution is -2.52. The summed E-state index contributed by atoms with van der Waals surface area (Å²) in [5.41, 5.74) is -1.74. The van der Waals surface area contributed by atoms with Crippen molar-refractivity contribution in [2.75, 3.05) is 33.5 Å². The van der Waals surface area contributed by atoms with Crippen LogP contribution < -0.4 is 4.74 Å². The van der Waals surface area contributed by atoms with E-state index in [1.807, 2.05) is 18.2 Å². The van der Waals surface area contributed by atoms with Gasteiger partial charge in [0.1, 0.15) is 11.9 Å². The maximum Gasteiger partial charge on any atom is 0.419 e. The van der Waals surface area contributed by atoms with Gasteiger partial charge in [-0.3, -0.25) is 9.69 Å². The number of fused-ring (bicyclic) bond motifs is 1. The molecule has 0 saturated carbocycles. The highest BCUT2D eigenvalue weighted by atomic mass is 19.4. The van der Waals surface area contributed by atoms with E-state index in [4.69, 9.17) is 14.2 Å². The van der Waals surface area contributed by atoms with E-state index in [-0.39, 0.29) is 42.1 Å². The van der Waals surface area contributed by atoms with E-state index >= 15 is 0 Å². The highest BCUT2D eigenvalue weighted by molar-refractivity contribution is 5.89. The van der Waals surface area contributed by atoms with Crippen LogP contribution in [0.15, 0.2) is 36.4 Å². The van der Waals surface area contributed by atoms with Gasteiger partial charge in [0.2, 0.25) is 0 Å². The van der Waals surface area contributed by atoms with E-state index in [0.29, 0.717) is 24.5 Å². The maximum absolute atomic E-state index is 13.5. The summed E-state index contributed by atoms with van der Waals surface area (Å²) in [7, 11) is 1.35. The van der Waals surface area contributed by atoms with E-state index in [2.05, 4.69) is 11.8 Å². The van der Waals surface area contributed by atoms with Gasteiger partial charge in [-0.15, -0.1) is 0 Å². The number of methoxy groups -OCH3 is 1. The molecule has 43 heavy (non-hydrogen) atoms. The molecule has 2 fully saturated rings. The summed E-state index contributed by atoms with van der Waals surface area (Å²) >= 11 is 0. The molecular formula is C30H32F6N2O5. The van der Waals surface area contributed by atoms with Crippen LogP contribution in [0.25, 0.3) is 0 Å². The molecule has 3 aliphatic heterocycles. The quantitative estimate of drug-likeness (QED) is 0.318. The molecule has 2 saturated heterocycles. The second-order valence-corrected chi connectivity index (χ2v) is 11.4. The molecule has 234 valence electrons. The van der Waals surface area contributed by atoms with E-state index in [1.54, 1.807) is 6.07 Å². The van der Waals surface area contributed by atoms with Crippen LogP contribution in [0.1, 0.15) is 64.7 Å². The lowest BCUT2D eigenvalue weighted by molar-refractivity contribution is -0.155. The number of carbonyl (C=O) groups excluding carboxylic acids is 2. The predicted molar refractivity (Wildman–Crippen MR) is 141 cm³/mol. The van der Waals surface area contributed by atoms with Crippen molar-refractivity contribution in [2.45, 2.75) is 63.1 Å². The molecule has 0 N–H and O–H groups in total. The van der Waals surface area contributed by atoms with E-state index in [9.17, 15) is 35.9 Å².